The average Bonchev–Trinajstić information content (AvgIpc) is 2.31. The molecule has 0 atom stereocenters. The molecule has 0 amide bonds. The molecule has 62 valence electrons. The summed E-state index contributed by atoms with van der Waals surface area (Å²) in [6.07, 6.45) is 2.50. The Kier molecular flexibility index (Phi) is 3.60. The largest absolute Gasteiger partial charge is 0.137 e. The molecule has 0 N–H and O–H groups in total. The summed E-state index contributed by atoms with van der Waals surface area (Å²) in [5, 5.41) is 2.14. The zero-order valence-electron chi connectivity index (χ0n) is 6.93. The lowest BCUT2D eigenvalue weighted by Gasteiger charge is -2.02. The Bertz CT molecular complexity index is 215. The van der Waals surface area contributed by atoms with Gasteiger partial charge in [0.1, 0.15) is 0 Å². The first-order chi connectivity index (χ1) is 5.20. The number of hydrogen-bond donors (Lipinski definition) is 0. The lowest BCUT2D eigenvalue weighted by molar-refractivity contribution is 0.587. The minimum absolute atomic E-state index is 0.807. The van der Waals surface area contributed by atoms with E-state index in [9.17, 15) is 0 Å². The van der Waals surface area contributed by atoms with Crippen LogP contribution in [0.2, 0.25) is 0 Å². The molecule has 1 heterocycles. The van der Waals surface area contributed by atoms with Gasteiger partial charge in [-0.05, 0) is 51.7 Å². The first kappa shape index (κ1) is 9.27. The summed E-state index contributed by atoms with van der Waals surface area (Å²) in [7, 11) is 0. The first-order valence-electron chi connectivity index (χ1n) is 3.92. The third-order valence-electron chi connectivity index (χ3n) is 1.68. The summed E-state index contributed by atoms with van der Waals surface area (Å²) in [5.41, 5.74) is 1.46. The van der Waals surface area contributed by atoms with Crippen molar-refractivity contribution in [3.8, 4) is 0 Å². The first-order valence-corrected chi connectivity index (χ1v) is 5.59. The van der Waals surface area contributed by atoms with E-state index in [0.717, 1.165) is 5.92 Å². The van der Waals surface area contributed by atoms with Crippen LogP contribution >= 0.6 is 27.3 Å². The predicted molar refractivity (Wildman–Crippen MR) is 55.2 cm³/mol. The lowest BCUT2D eigenvalue weighted by atomic mass is 10.1. The van der Waals surface area contributed by atoms with Crippen molar-refractivity contribution in [2.24, 2.45) is 5.92 Å². The summed E-state index contributed by atoms with van der Waals surface area (Å²) in [6, 6.07) is 2.21. The maximum atomic E-state index is 3.53. The van der Waals surface area contributed by atoms with Gasteiger partial charge in [-0.15, -0.1) is 11.3 Å². The minimum Gasteiger partial charge on any atom is -0.137 e. The number of aryl methyl sites for hydroxylation is 1. The third kappa shape index (κ3) is 2.96. The summed E-state index contributed by atoms with van der Waals surface area (Å²) < 4.78 is 1.30. The van der Waals surface area contributed by atoms with E-state index in [4.69, 9.17) is 0 Å². The molecule has 2 heteroatoms. The van der Waals surface area contributed by atoms with Gasteiger partial charge in [0.2, 0.25) is 0 Å². The Labute approximate surface area is 80.8 Å². The van der Waals surface area contributed by atoms with Crippen molar-refractivity contribution in [1.82, 2.24) is 0 Å². The van der Waals surface area contributed by atoms with Crippen LogP contribution < -0.4 is 0 Å². The van der Waals surface area contributed by atoms with E-state index in [-0.39, 0.29) is 0 Å². The van der Waals surface area contributed by atoms with Crippen molar-refractivity contribution in [3.63, 3.8) is 0 Å². The summed E-state index contributed by atoms with van der Waals surface area (Å²) in [4.78, 5) is 0. The molecule has 0 aromatic carbocycles. The fraction of sp³-hybridized carbons (Fsp3) is 0.556. The Balaban J connectivity index is 2.44. The molecule has 0 saturated carbocycles. The highest BCUT2D eigenvalue weighted by molar-refractivity contribution is 9.11. The molecule has 1 aromatic heterocycles. The van der Waals surface area contributed by atoms with Gasteiger partial charge >= 0.3 is 0 Å². The zero-order valence-corrected chi connectivity index (χ0v) is 9.33. The lowest BCUT2D eigenvalue weighted by Crippen LogP contribution is -1.90. The Morgan fingerprint density at radius 3 is 2.73 bits per heavy atom. The smallest absolute Gasteiger partial charge is 0.0730 e. The van der Waals surface area contributed by atoms with Crippen LogP contribution in [0.25, 0.3) is 0 Å². The van der Waals surface area contributed by atoms with Crippen LogP contribution in [-0.2, 0) is 6.42 Å². The highest BCUT2D eigenvalue weighted by Crippen LogP contribution is 2.25. The van der Waals surface area contributed by atoms with Gasteiger partial charge in [0.05, 0.1) is 3.79 Å². The maximum absolute atomic E-state index is 3.53. The summed E-state index contributed by atoms with van der Waals surface area (Å²) >= 11 is 5.31. The molecular formula is C9H13BrS. The zero-order chi connectivity index (χ0) is 8.27. The molecule has 0 spiro atoms. The number of hydrogen-bond acceptors (Lipinski definition) is 1. The quantitative estimate of drug-likeness (QED) is 0.737. The van der Waals surface area contributed by atoms with E-state index in [1.807, 2.05) is 0 Å². The third-order valence-corrected chi connectivity index (χ3v) is 3.50. The topological polar surface area (TPSA) is 0 Å². The molecule has 1 aromatic rings. The molecular weight excluding hydrogens is 220 g/mol. The molecule has 0 fully saturated rings. The van der Waals surface area contributed by atoms with Gasteiger partial charge in [0.25, 0.3) is 0 Å². The predicted octanol–water partition coefficient (Wildman–Crippen LogP) is 4.10. The second kappa shape index (κ2) is 4.27. The van der Waals surface area contributed by atoms with E-state index in [1.54, 1.807) is 11.3 Å². The van der Waals surface area contributed by atoms with Crippen LogP contribution in [0.3, 0.4) is 0 Å². The van der Waals surface area contributed by atoms with E-state index in [0.29, 0.717) is 0 Å². The van der Waals surface area contributed by atoms with Crippen molar-refractivity contribution in [1.29, 1.82) is 0 Å². The van der Waals surface area contributed by atoms with Crippen LogP contribution in [-0.4, -0.2) is 0 Å². The van der Waals surface area contributed by atoms with E-state index in [2.05, 4.69) is 41.2 Å². The van der Waals surface area contributed by atoms with Crippen molar-refractivity contribution in [3.05, 3.63) is 20.8 Å². The Morgan fingerprint density at radius 2 is 2.27 bits per heavy atom. The fourth-order valence-electron chi connectivity index (χ4n) is 0.943. The second-order valence-corrected chi connectivity index (χ2v) is 5.39. The van der Waals surface area contributed by atoms with E-state index in [1.165, 1.54) is 22.2 Å². The highest BCUT2D eigenvalue weighted by Gasteiger charge is 2.01. The molecule has 11 heavy (non-hydrogen) atoms. The molecule has 0 unspecified atom stereocenters. The van der Waals surface area contributed by atoms with Gasteiger partial charge in [-0.3, -0.25) is 0 Å². The average molecular weight is 233 g/mol. The summed E-state index contributed by atoms with van der Waals surface area (Å²) in [6.45, 7) is 4.53. The molecule has 0 aliphatic rings. The van der Waals surface area contributed by atoms with Crippen LogP contribution in [0.15, 0.2) is 15.2 Å². The van der Waals surface area contributed by atoms with Gasteiger partial charge in [-0.2, -0.15) is 0 Å². The van der Waals surface area contributed by atoms with Gasteiger partial charge in [-0.25, -0.2) is 0 Å². The fourth-order valence-corrected chi connectivity index (χ4v) is 2.27. The van der Waals surface area contributed by atoms with Gasteiger partial charge in [0, 0.05) is 0 Å². The van der Waals surface area contributed by atoms with Crippen LogP contribution in [0.4, 0.5) is 0 Å². The molecule has 0 bridgehead atoms. The van der Waals surface area contributed by atoms with Crippen molar-refractivity contribution in [2.75, 3.05) is 0 Å². The van der Waals surface area contributed by atoms with Crippen LogP contribution in [0, 0.1) is 5.92 Å². The van der Waals surface area contributed by atoms with E-state index < -0.39 is 0 Å². The molecule has 1 rings (SSSR count). The standard InChI is InChI=1S/C9H13BrS/c1-7(2)3-4-8-5-6-11-9(8)10/h5-7H,3-4H2,1-2H3. The minimum atomic E-state index is 0.807. The SMILES string of the molecule is CC(C)CCc1ccsc1Br. The molecule has 0 nitrogen and oxygen atoms in total. The number of rotatable bonds is 3. The molecule has 0 aliphatic carbocycles. The molecule has 0 saturated heterocycles. The maximum Gasteiger partial charge on any atom is 0.0730 e. The monoisotopic (exact) mass is 232 g/mol. The van der Waals surface area contributed by atoms with Crippen molar-refractivity contribution >= 4 is 27.3 Å². The van der Waals surface area contributed by atoms with Gasteiger partial charge < -0.3 is 0 Å². The second-order valence-electron chi connectivity index (χ2n) is 3.15. The summed E-state index contributed by atoms with van der Waals surface area (Å²) in [5.74, 6) is 0.807. The van der Waals surface area contributed by atoms with Gasteiger partial charge in [-0.1, -0.05) is 13.8 Å². The van der Waals surface area contributed by atoms with Gasteiger partial charge in [0.15, 0.2) is 0 Å². The number of thiophene rings is 1. The Hall–Kier alpha value is 0.180. The number of halogens is 1. The normalized spacial score (nSPS) is 10.9. The molecule has 0 aliphatic heterocycles. The highest BCUT2D eigenvalue weighted by atomic mass is 79.9. The van der Waals surface area contributed by atoms with Crippen molar-refractivity contribution in [2.45, 2.75) is 26.7 Å². The Morgan fingerprint density at radius 1 is 1.55 bits per heavy atom. The van der Waals surface area contributed by atoms with Crippen molar-refractivity contribution < 1.29 is 0 Å². The molecule has 0 radical (unpaired) electrons. The van der Waals surface area contributed by atoms with Crippen LogP contribution in [0.1, 0.15) is 25.8 Å². The van der Waals surface area contributed by atoms with Crippen LogP contribution in [0.5, 0.6) is 0 Å². The van der Waals surface area contributed by atoms with E-state index >= 15 is 0 Å².